The molecule has 0 atom stereocenters. The van der Waals surface area contributed by atoms with Gasteiger partial charge in [-0.25, -0.2) is 4.20 Å². The molecule has 0 aliphatic carbocycles. The van der Waals surface area contributed by atoms with Crippen LogP contribution in [0.15, 0.2) is 0 Å². The van der Waals surface area contributed by atoms with Gasteiger partial charge in [0.15, 0.2) is 0 Å². The lowest BCUT2D eigenvalue weighted by atomic mass is 10.1. The molecular formula is C32H72FN2O3P. The first-order valence-electron chi connectivity index (χ1n) is 16.6. The van der Waals surface area contributed by atoms with E-state index in [1.807, 2.05) is 0 Å². The second kappa shape index (κ2) is 26.9. The summed E-state index contributed by atoms with van der Waals surface area (Å²) >= 11 is 0. The molecule has 0 spiro atoms. The molecule has 0 aromatic carbocycles. The zero-order chi connectivity index (χ0) is 30.8. The SMILES string of the molecule is CCCC[N+](CCCC)(CCCC)CC(C)C.CCCC[N+](CCCC)(CCCC)CC(C)C.O=P([O-])([O-])F. The van der Waals surface area contributed by atoms with Crippen molar-refractivity contribution in [3.8, 4) is 0 Å². The molecule has 0 aromatic heterocycles. The van der Waals surface area contributed by atoms with E-state index < -0.39 is 7.91 Å². The van der Waals surface area contributed by atoms with Gasteiger partial charge in [-0.05, 0) is 38.5 Å². The molecule has 39 heavy (non-hydrogen) atoms. The van der Waals surface area contributed by atoms with Crippen LogP contribution in [0.1, 0.15) is 146 Å². The molecule has 0 rings (SSSR count). The van der Waals surface area contributed by atoms with Crippen molar-refractivity contribution >= 4 is 7.91 Å². The van der Waals surface area contributed by atoms with Gasteiger partial charge < -0.3 is 23.3 Å². The van der Waals surface area contributed by atoms with Crippen molar-refractivity contribution in [3.63, 3.8) is 0 Å². The maximum atomic E-state index is 10.1. The van der Waals surface area contributed by atoms with E-state index in [2.05, 4.69) is 69.2 Å². The van der Waals surface area contributed by atoms with Crippen LogP contribution in [0.4, 0.5) is 4.20 Å². The Morgan fingerprint density at radius 1 is 0.513 bits per heavy atom. The Balaban J connectivity index is -0.000000566. The Kier molecular flexibility index (Phi) is 29.9. The maximum absolute atomic E-state index is 10.1. The summed E-state index contributed by atoms with van der Waals surface area (Å²) in [5, 5.41) is 0. The molecule has 7 heteroatoms. The average molecular weight is 583 g/mol. The topological polar surface area (TPSA) is 63.2 Å². The summed E-state index contributed by atoms with van der Waals surface area (Å²) in [6.07, 6.45) is 16.5. The molecule has 0 heterocycles. The minimum absolute atomic E-state index is 0.834. The number of unbranched alkanes of at least 4 members (excludes halogenated alkanes) is 6. The first kappa shape index (κ1) is 43.5. The number of rotatable bonds is 22. The van der Waals surface area contributed by atoms with Crippen molar-refractivity contribution < 1.29 is 27.5 Å². The van der Waals surface area contributed by atoms with Crippen LogP contribution in [0.3, 0.4) is 0 Å². The lowest BCUT2D eigenvalue weighted by molar-refractivity contribution is -0.931. The van der Waals surface area contributed by atoms with E-state index in [4.69, 9.17) is 14.4 Å². The Morgan fingerprint density at radius 3 is 0.769 bits per heavy atom. The molecule has 0 bridgehead atoms. The highest BCUT2D eigenvalue weighted by atomic mass is 31.2. The number of quaternary nitrogens is 2. The van der Waals surface area contributed by atoms with E-state index >= 15 is 0 Å². The third kappa shape index (κ3) is 30.8. The Hall–Kier alpha value is -0.0000000000000000555. The minimum atomic E-state index is -5.64. The van der Waals surface area contributed by atoms with Crippen LogP contribution in [-0.2, 0) is 4.57 Å². The number of hydrogen-bond acceptors (Lipinski definition) is 3. The Labute approximate surface area is 245 Å². The summed E-state index contributed by atoms with van der Waals surface area (Å²) in [6.45, 7) is 34.7. The highest BCUT2D eigenvalue weighted by Crippen LogP contribution is 2.22. The first-order valence-corrected chi connectivity index (χ1v) is 18.0. The Morgan fingerprint density at radius 2 is 0.667 bits per heavy atom. The van der Waals surface area contributed by atoms with E-state index in [1.54, 1.807) is 0 Å². The van der Waals surface area contributed by atoms with Gasteiger partial charge in [-0.3, -0.25) is 0 Å². The number of nitrogens with zero attached hydrogens (tertiary/aromatic N) is 2. The van der Waals surface area contributed by atoms with E-state index in [0.717, 1.165) is 11.8 Å². The van der Waals surface area contributed by atoms with Crippen LogP contribution in [0.2, 0.25) is 0 Å². The largest absolute Gasteiger partial charge is 0.786 e. The number of hydrogen-bond donors (Lipinski definition) is 0. The predicted octanol–water partition coefficient (Wildman–Crippen LogP) is 8.50. The highest BCUT2D eigenvalue weighted by Gasteiger charge is 2.27. The van der Waals surface area contributed by atoms with Gasteiger partial charge in [-0.1, -0.05) is 108 Å². The molecule has 0 aliphatic heterocycles. The zero-order valence-corrected chi connectivity index (χ0v) is 29.1. The van der Waals surface area contributed by atoms with Crippen molar-refractivity contribution in [1.82, 2.24) is 0 Å². The normalized spacial score (nSPS) is 12.3. The summed E-state index contributed by atoms with van der Waals surface area (Å²) in [4.78, 5) is 16.9. The van der Waals surface area contributed by atoms with E-state index in [1.165, 1.54) is 138 Å². The van der Waals surface area contributed by atoms with Gasteiger partial charge in [0, 0.05) is 11.8 Å². The molecule has 0 radical (unpaired) electrons. The molecule has 0 aliphatic rings. The summed E-state index contributed by atoms with van der Waals surface area (Å²) < 4.78 is 21.4. The molecule has 0 N–H and O–H groups in total. The fourth-order valence-corrected chi connectivity index (χ4v) is 5.73. The summed E-state index contributed by atoms with van der Waals surface area (Å²) in [5.41, 5.74) is 0. The quantitative estimate of drug-likeness (QED) is 0.0949. The maximum Gasteiger partial charge on any atom is 0.110 e. The molecule has 0 amide bonds. The van der Waals surface area contributed by atoms with Crippen molar-refractivity contribution in [3.05, 3.63) is 0 Å². The lowest BCUT2D eigenvalue weighted by Crippen LogP contribution is -2.52. The van der Waals surface area contributed by atoms with Gasteiger partial charge in [0.25, 0.3) is 0 Å². The summed E-state index contributed by atoms with van der Waals surface area (Å²) in [6, 6.07) is 0. The molecule has 0 saturated heterocycles. The summed E-state index contributed by atoms with van der Waals surface area (Å²) in [5.74, 6) is 1.67. The first-order chi connectivity index (χ1) is 18.2. The van der Waals surface area contributed by atoms with Gasteiger partial charge in [0.2, 0.25) is 0 Å². The van der Waals surface area contributed by atoms with E-state index in [9.17, 15) is 4.20 Å². The molecule has 240 valence electrons. The van der Waals surface area contributed by atoms with Crippen molar-refractivity contribution in [1.29, 1.82) is 0 Å². The third-order valence-electron chi connectivity index (χ3n) is 7.42. The fraction of sp³-hybridized carbons (Fsp3) is 1.00. The Bertz CT molecular complexity index is 466. The van der Waals surface area contributed by atoms with Crippen LogP contribution >= 0.6 is 7.91 Å². The monoisotopic (exact) mass is 583 g/mol. The molecule has 0 saturated carbocycles. The van der Waals surface area contributed by atoms with Crippen LogP contribution < -0.4 is 9.79 Å². The number of halogens is 1. The predicted molar refractivity (Wildman–Crippen MR) is 167 cm³/mol. The zero-order valence-electron chi connectivity index (χ0n) is 28.2. The van der Waals surface area contributed by atoms with Crippen molar-refractivity contribution in [2.75, 3.05) is 52.4 Å². The van der Waals surface area contributed by atoms with Crippen molar-refractivity contribution in [2.24, 2.45) is 11.8 Å². The second-order valence-electron chi connectivity index (χ2n) is 12.7. The van der Waals surface area contributed by atoms with E-state index in [-0.39, 0.29) is 0 Å². The van der Waals surface area contributed by atoms with Gasteiger partial charge in [0.1, 0.15) is 7.91 Å². The van der Waals surface area contributed by atoms with Gasteiger partial charge >= 0.3 is 0 Å². The van der Waals surface area contributed by atoms with Crippen molar-refractivity contribution in [2.45, 2.75) is 146 Å². The molecule has 0 unspecified atom stereocenters. The van der Waals surface area contributed by atoms with Gasteiger partial charge in [0.05, 0.1) is 52.4 Å². The summed E-state index contributed by atoms with van der Waals surface area (Å²) in [7, 11) is -5.64. The second-order valence-corrected chi connectivity index (χ2v) is 13.6. The average Bonchev–Trinajstić information content (AvgIpc) is 2.84. The van der Waals surface area contributed by atoms with Crippen LogP contribution in [0.5, 0.6) is 0 Å². The van der Waals surface area contributed by atoms with Gasteiger partial charge in [-0.15, -0.1) is 0 Å². The van der Waals surface area contributed by atoms with Crippen LogP contribution in [0, 0.1) is 11.8 Å². The molecule has 0 aromatic rings. The minimum Gasteiger partial charge on any atom is -0.786 e. The molecular weight excluding hydrogens is 510 g/mol. The molecule has 0 fully saturated rings. The highest BCUT2D eigenvalue weighted by molar-refractivity contribution is 7.42. The van der Waals surface area contributed by atoms with Crippen LogP contribution in [0.25, 0.3) is 0 Å². The standard InChI is InChI=1S/2C16H36N.FH2O3P/c2*1-6-9-12-17(13-10-7-2,14-11-8-3)15-16(4)5;1-5(2,3)4/h2*16H,6-15H2,1-5H3;(H2,2,3,4)/q2*+1;/p-2. The smallest absolute Gasteiger partial charge is 0.110 e. The molecule has 5 nitrogen and oxygen atoms in total. The van der Waals surface area contributed by atoms with E-state index in [0.29, 0.717) is 0 Å². The third-order valence-corrected chi connectivity index (χ3v) is 7.42. The fourth-order valence-electron chi connectivity index (χ4n) is 5.73. The van der Waals surface area contributed by atoms with Gasteiger partial charge in [-0.2, -0.15) is 0 Å². The van der Waals surface area contributed by atoms with Crippen LogP contribution in [-0.4, -0.2) is 61.3 Å². The lowest BCUT2D eigenvalue weighted by Gasteiger charge is -2.40.